The van der Waals surface area contributed by atoms with Gasteiger partial charge in [0.1, 0.15) is 11.6 Å². The largest absolute Gasteiger partial charge is 0.481 e. The SMILES string of the molecule is COCC(=O)Nc1cccc(SSc2ccccn2)c1CC(=O)O. The van der Waals surface area contributed by atoms with Crippen LogP contribution in [0.3, 0.4) is 0 Å². The normalized spacial score (nSPS) is 10.4. The minimum Gasteiger partial charge on any atom is -0.481 e. The lowest BCUT2D eigenvalue weighted by molar-refractivity contribution is -0.136. The van der Waals surface area contributed by atoms with E-state index in [0.29, 0.717) is 11.3 Å². The van der Waals surface area contributed by atoms with Crippen molar-refractivity contribution < 1.29 is 19.4 Å². The first kappa shape index (κ1) is 18.3. The number of nitrogens with one attached hydrogen (secondary N) is 1. The molecular formula is C16H16N2O4S2. The summed E-state index contributed by atoms with van der Waals surface area (Å²) in [5, 5.41) is 12.7. The molecule has 126 valence electrons. The third-order valence-corrected chi connectivity index (χ3v) is 5.22. The number of amides is 1. The fraction of sp³-hybridized carbons (Fsp3) is 0.188. The van der Waals surface area contributed by atoms with Crippen molar-refractivity contribution in [2.75, 3.05) is 19.0 Å². The molecule has 2 aromatic rings. The van der Waals surface area contributed by atoms with E-state index in [2.05, 4.69) is 10.3 Å². The number of aliphatic carboxylic acids is 1. The van der Waals surface area contributed by atoms with E-state index in [1.807, 2.05) is 24.3 Å². The van der Waals surface area contributed by atoms with Gasteiger partial charge in [0, 0.05) is 29.5 Å². The van der Waals surface area contributed by atoms with Crippen molar-refractivity contribution in [1.82, 2.24) is 4.98 Å². The van der Waals surface area contributed by atoms with Gasteiger partial charge in [0.25, 0.3) is 0 Å². The first-order valence-electron chi connectivity index (χ1n) is 6.98. The van der Waals surface area contributed by atoms with E-state index in [1.54, 1.807) is 18.3 Å². The summed E-state index contributed by atoms with van der Waals surface area (Å²) in [6.07, 6.45) is 1.51. The maximum atomic E-state index is 11.7. The van der Waals surface area contributed by atoms with Crippen LogP contribution in [-0.4, -0.2) is 35.7 Å². The number of carboxylic acid groups (broad SMARTS) is 1. The lowest BCUT2D eigenvalue weighted by Crippen LogP contribution is -2.19. The molecule has 2 N–H and O–H groups in total. The molecule has 24 heavy (non-hydrogen) atoms. The average molecular weight is 364 g/mol. The summed E-state index contributed by atoms with van der Waals surface area (Å²) in [6.45, 7) is -0.0907. The number of hydrogen-bond donors (Lipinski definition) is 2. The lowest BCUT2D eigenvalue weighted by atomic mass is 10.1. The summed E-state index contributed by atoms with van der Waals surface area (Å²) in [4.78, 5) is 27.9. The van der Waals surface area contributed by atoms with Crippen LogP contribution in [0.2, 0.25) is 0 Å². The third kappa shape index (κ3) is 5.55. The second-order valence-corrected chi connectivity index (χ2v) is 6.86. The molecular weight excluding hydrogens is 348 g/mol. The van der Waals surface area contributed by atoms with Crippen LogP contribution in [0, 0.1) is 0 Å². The maximum absolute atomic E-state index is 11.7. The molecule has 0 saturated heterocycles. The fourth-order valence-corrected chi connectivity index (χ4v) is 4.02. The summed E-state index contributed by atoms with van der Waals surface area (Å²) in [7, 11) is 4.26. The van der Waals surface area contributed by atoms with Crippen LogP contribution < -0.4 is 5.32 Å². The van der Waals surface area contributed by atoms with Crippen molar-refractivity contribution in [1.29, 1.82) is 0 Å². The number of rotatable bonds is 8. The highest BCUT2D eigenvalue weighted by atomic mass is 33.1. The van der Waals surface area contributed by atoms with Gasteiger partial charge in [-0.1, -0.05) is 22.9 Å². The van der Waals surface area contributed by atoms with Gasteiger partial charge in [-0.2, -0.15) is 0 Å². The molecule has 2 rings (SSSR count). The number of aromatic nitrogens is 1. The molecule has 0 spiro atoms. The van der Waals surface area contributed by atoms with Crippen LogP contribution in [0.1, 0.15) is 5.56 Å². The molecule has 8 heteroatoms. The Morgan fingerprint density at radius 1 is 1.21 bits per heavy atom. The number of benzene rings is 1. The third-order valence-electron chi connectivity index (χ3n) is 2.87. The molecule has 1 aromatic carbocycles. The van der Waals surface area contributed by atoms with Crippen molar-refractivity contribution >= 4 is 39.2 Å². The number of ether oxygens (including phenoxy) is 1. The Labute approximate surface area is 147 Å². The highest BCUT2D eigenvalue weighted by Gasteiger charge is 2.15. The van der Waals surface area contributed by atoms with Crippen LogP contribution in [-0.2, 0) is 20.7 Å². The molecule has 6 nitrogen and oxygen atoms in total. The minimum atomic E-state index is -0.965. The Morgan fingerprint density at radius 3 is 2.71 bits per heavy atom. The molecule has 0 unspecified atom stereocenters. The Balaban J connectivity index is 2.22. The molecule has 1 amide bonds. The zero-order valence-corrected chi connectivity index (χ0v) is 14.5. The summed E-state index contributed by atoms with van der Waals surface area (Å²) in [6, 6.07) is 10.9. The highest BCUT2D eigenvalue weighted by molar-refractivity contribution is 8.76. The lowest BCUT2D eigenvalue weighted by Gasteiger charge is -2.13. The molecule has 0 bridgehead atoms. The van der Waals surface area contributed by atoms with E-state index in [1.165, 1.54) is 28.7 Å². The Kier molecular flexibility index (Phi) is 7.10. The van der Waals surface area contributed by atoms with Crippen molar-refractivity contribution in [2.24, 2.45) is 0 Å². The van der Waals surface area contributed by atoms with Gasteiger partial charge >= 0.3 is 5.97 Å². The molecule has 0 aliphatic heterocycles. The number of carbonyl (C=O) groups excluding carboxylic acids is 1. The van der Waals surface area contributed by atoms with Crippen molar-refractivity contribution in [3.05, 3.63) is 48.2 Å². The van der Waals surface area contributed by atoms with Gasteiger partial charge in [-0.3, -0.25) is 9.59 Å². The first-order valence-corrected chi connectivity index (χ1v) is 9.13. The standard InChI is InChI=1S/C16H16N2O4S2/c1-22-10-14(19)18-12-5-4-6-13(11(12)9-16(20)21)23-24-15-7-2-3-8-17-15/h2-8H,9-10H2,1H3,(H,18,19)(H,20,21). The quantitative estimate of drug-likeness (QED) is 0.696. The number of anilines is 1. The number of nitrogens with zero attached hydrogens (tertiary/aromatic N) is 1. The van der Waals surface area contributed by atoms with Crippen LogP contribution >= 0.6 is 21.6 Å². The van der Waals surface area contributed by atoms with E-state index in [4.69, 9.17) is 4.74 Å². The topological polar surface area (TPSA) is 88.5 Å². The second kappa shape index (κ2) is 9.31. The minimum absolute atomic E-state index is 0.0907. The Morgan fingerprint density at radius 2 is 2.04 bits per heavy atom. The van der Waals surface area contributed by atoms with E-state index < -0.39 is 5.97 Å². The number of carboxylic acids is 1. The monoisotopic (exact) mass is 364 g/mol. The fourth-order valence-electron chi connectivity index (χ4n) is 1.90. The number of pyridine rings is 1. The predicted molar refractivity (Wildman–Crippen MR) is 94.2 cm³/mol. The van der Waals surface area contributed by atoms with Gasteiger partial charge in [-0.25, -0.2) is 4.98 Å². The summed E-state index contributed by atoms with van der Waals surface area (Å²) in [5.41, 5.74) is 1.04. The van der Waals surface area contributed by atoms with Crippen molar-refractivity contribution in [2.45, 2.75) is 16.3 Å². The van der Waals surface area contributed by atoms with E-state index in [0.717, 1.165) is 9.92 Å². The van der Waals surface area contributed by atoms with Crippen molar-refractivity contribution in [3.63, 3.8) is 0 Å². The van der Waals surface area contributed by atoms with Crippen molar-refractivity contribution in [3.8, 4) is 0 Å². The zero-order valence-electron chi connectivity index (χ0n) is 12.9. The maximum Gasteiger partial charge on any atom is 0.307 e. The summed E-state index contributed by atoms with van der Waals surface area (Å²) < 4.78 is 4.79. The molecule has 0 atom stereocenters. The van der Waals surface area contributed by atoms with E-state index in [9.17, 15) is 14.7 Å². The van der Waals surface area contributed by atoms with Crippen LogP contribution in [0.25, 0.3) is 0 Å². The number of hydrogen-bond acceptors (Lipinski definition) is 6. The number of carbonyl (C=O) groups is 2. The molecule has 0 fully saturated rings. The molecule has 1 aromatic heterocycles. The van der Waals surface area contributed by atoms with Gasteiger partial charge in [0.2, 0.25) is 5.91 Å². The number of methoxy groups -OCH3 is 1. The molecule has 0 aliphatic carbocycles. The average Bonchev–Trinajstić information content (AvgIpc) is 2.56. The van der Waals surface area contributed by atoms with Crippen LogP contribution in [0.15, 0.2) is 52.5 Å². The van der Waals surface area contributed by atoms with E-state index >= 15 is 0 Å². The molecule has 0 saturated carbocycles. The predicted octanol–water partition coefficient (Wildman–Crippen LogP) is 3.09. The summed E-state index contributed by atoms with van der Waals surface area (Å²) >= 11 is 0. The smallest absolute Gasteiger partial charge is 0.307 e. The molecule has 1 heterocycles. The van der Waals surface area contributed by atoms with Crippen LogP contribution in [0.4, 0.5) is 5.69 Å². The second-order valence-electron chi connectivity index (χ2n) is 4.67. The molecule has 0 radical (unpaired) electrons. The van der Waals surface area contributed by atoms with Crippen LogP contribution in [0.5, 0.6) is 0 Å². The van der Waals surface area contributed by atoms with Gasteiger partial charge in [-0.15, -0.1) is 0 Å². The molecule has 0 aliphatic rings. The Bertz CT molecular complexity index is 710. The van der Waals surface area contributed by atoms with Gasteiger partial charge in [0.05, 0.1) is 6.42 Å². The van der Waals surface area contributed by atoms with Gasteiger partial charge < -0.3 is 15.2 Å². The Hall–Kier alpha value is -2.03. The first-order chi connectivity index (χ1) is 11.6. The zero-order chi connectivity index (χ0) is 17.4. The van der Waals surface area contributed by atoms with Gasteiger partial charge in [-0.05, 0) is 35.1 Å². The van der Waals surface area contributed by atoms with E-state index in [-0.39, 0.29) is 18.9 Å². The summed E-state index contributed by atoms with van der Waals surface area (Å²) in [5.74, 6) is -1.29. The highest BCUT2D eigenvalue weighted by Crippen LogP contribution is 2.40. The van der Waals surface area contributed by atoms with Gasteiger partial charge in [0.15, 0.2) is 0 Å².